The molecule has 0 radical (unpaired) electrons. The zero-order valence-electron chi connectivity index (χ0n) is 14.8. The fraction of sp³-hybridized carbons (Fsp3) is 0.875. The van der Waals surface area contributed by atoms with Crippen LogP contribution in [0, 0.1) is 0 Å². The molecule has 0 saturated heterocycles. The molecule has 0 aromatic heterocycles. The molecule has 2 aliphatic rings. The van der Waals surface area contributed by atoms with E-state index in [0.29, 0.717) is 38.5 Å². The van der Waals surface area contributed by atoms with E-state index in [1.165, 1.54) is 0 Å². The van der Waals surface area contributed by atoms with Crippen LogP contribution < -0.4 is 22.9 Å². The number of rotatable bonds is 5. The van der Waals surface area contributed by atoms with Gasteiger partial charge in [0.1, 0.15) is 0 Å². The van der Waals surface area contributed by atoms with Crippen molar-refractivity contribution in [1.82, 2.24) is 0 Å². The Morgan fingerprint density at radius 2 is 1.15 bits per heavy atom. The van der Waals surface area contributed by atoms with Gasteiger partial charge in [-0.15, -0.1) is 0 Å². The number of nitrogens with two attached hydrogens (primary N) is 4. The predicted octanol–water partition coefficient (Wildman–Crippen LogP) is -2.09. The molecule has 0 aromatic rings. The molecule has 0 amide bonds. The zero-order valence-corrected chi connectivity index (χ0v) is 14.8. The Bertz CT molecular complexity index is 489. The lowest BCUT2D eigenvalue weighted by Gasteiger charge is -2.39. The normalized spacial score (nSPS) is 37.5. The highest BCUT2D eigenvalue weighted by atomic mass is 16.6. The van der Waals surface area contributed by atoms with Crippen molar-refractivity contribution < 1.29 is 29.3 Å². The average Bonchev–Trinajstić information content (AvgIpc) is 2.59. The fourth-order valence-electron chi connectivity index (χ4n) is 3.40. The van der Waals surface area contributed by atoms with Crippen LogP contribution in [0.1, 0.15) is 51.4 Å². The van der Waals surface area contributed by atoms with Gasteiger partial charge in [0.05, 0.1) is 12.1 Å². The maximum Gasteiger partial charge on any atom is 0.340 e. The Morgan fingerprint density at radius 1 is 0.808 bits per heavy atom. The van der Waals surface area contributed by atoms with Gasteiger partial charge in [-0.25, -0.2) is 9.59 Å². The topological polar surface area (TPSA) is 197 Å². The summed E-state index contributed by atoms with van der Waals surface area (Å²) in [5.74, 6) is -2.48. The molecule has 6 atom stereocenters. The summed E-state index contributed by atoms with van der Waals surface area (Å²) in [6.07, 6.45) is 0.596. The Hall–Kier alpha value is -1.30. The summed E-state index contributed by atoms with van der Waals surface area (Å²) < 4.78 is 10.2. The number of hydrogen-bond acceptors (Lipinski definition) is 10. The molecule has 2 saturated carbocycles. The summed E-state index contributed by atoms with van der Waals surface area (Å²) in [6.45, 7) is 0. The number of carbonyl (C=O) groups is 2. The lowest BCUT2D eigenvalue weighted by molar-refractivity contribution is -0.194. The number of esters is 2. The van der Waals surface area contributed by atoms with Gasteiger partial charge in [0.25, 0.3) is 0 Å². The summed E-state index contributed by atoms with van der Waals surface area (Å²) in [7, 11) is 0. The molecule has 0 aromatic carbocycles. The third-order valence-corrected chi connectivity index (χ3v) is 5.28. The molecule has 10 heteroatoms. The highest BCUT2D eigenvalue weighted by Crippen LogP contribution is 2.28. The lowest BCUT2D eigenvalue weighted by atomic mass is 9.87. The van der Waals surface area contributed by atoms with Gasteiger partial charge in [0, 0.05) is 12.8 Å². The maximum atomic E-state index is 12.1. The summed E-state index contributed by atoms with van der Waals surface area (Å²) in [5.41, 5.74) is 20.9. The molecule has 0 bridgehead atoms. The monoisotopic (exact) mass is 374 g/mol. The second-order valence-corrected chi connectivity index (χ2v) is 7.35. The van der Waals surface area contributed by atoms with E-state index in [9.17, 15) is 19.8 Å². The van der Waals surface area contributed by atoms with Crippen molar-refractivity contribution in [2.75, 3.05) is 0 Å². The van der Waals surface area contributed by atoms with Crippen LogP contribution in [0.5, 0.6) is 0 Å². The number of ether oxygens (including phenoxy) is 2. The van der Waals surface area contributed by atoms with Crippen molar-refractivity contribution in [2.45, 2.75) is 87.1 Å². The second kappa shape index (κ2) is 8.15. The van der Waals surface area contributed by atoms with E-state index in [1.54, 1.807) is 0 Å². The minimum absolute atomic E-state index is 0.327. The smallest absolute Gasteiger partial charge is 0.340 e. The molecule has 0 aliphatic heterocycles. The molecular weight excluding hydrogens is 344 g/mol. The van der Waals surface area contributed by atoms with Crippen molar-refractivity contribution in [3.05, 3.63) is 0 Å². The van der Waals surface area contributed by atoms with Crippen LogP contribution in [0.2, 0.25) is 0 Å². The lowest BCUT2D eigenvalue weighted by Crippen LogP contribution is -2.62. The zero-order chi connectivity index (χ0) is 19.5. The quantitative estimate of drug-likeness (QED) is 0.229. The Labute approximate surface area is 152 Å². The van der Waals surface area contributed by atoms with Gasteiger partial charge in [-0.3, -0.25) is 11.5 Å². The molecule has 26 heavy (non-hydrogen) atoms. The first-order valence-electron chi connectivity index (χ1n) is 9.00. The van der Waals surface area contributed by atoms with Crippen molar-refractivity contribution in [1.29, 1.82) is 0 Å². The van der Waals surface area contributed by atoms with Gasteiger partial charge < -0.3 is 31.2 Å². The Kier molecular flexibility index (Phi) is 6.59. The summed E-state index contributed by atoms with van der Waals surface area (Å²) >= 11 is 0. The van der Waals surface area contributed by atoms with E-state index in [0.717, 1.165) is 12.8 Å². The number of hydrogen-bond donors (Lipinski definition) is 6. The van der Waals surface area contributed by atoms with Crippen LogP contribution >= 0.6 is 0 Å². The van der Waals surface area contributed by atoms with Crippen LogP contribution in [-0.2, 0) is 19.1 Å². The third-order valence-electron chi connectivity index (χ3n) is 5.28. The molecular formula is C16H30N4O6. The van der Waals surface area contributed by atoms with Crippen molar-refractivity contribution >= 4 is 11.9 Å². The van der Waals surface area contributed by atoms with Gasteiger partial charge in [0.2, 0.25) is 0 Å². The standard InChI is InChI=1S/C16H30N4O6/c17-9-5-1-3-7-15(9,19)25-13(23)11(21)12(22)14(24)26-16(20)8-4-2-6-10(16)18/h9-12,21-22H,1-8,17-20H2. The third kappa shape index (κ3) is 4.51. The van der Waals surface area contributed by atoms with Crippen LogP contribution in [0.3, 0.4) is 0 Å². The van der Waals surface area contributed by atoms with Crippen LogP contribution in [0.15, 0.2) is 0 Å². The van der Waals surface area contributed by atoms with Crippen molar-refractivity contribution in [3.8, 4) is 0 Å². The molecule has 150 valence electrons. The minimum atomic E-state index is -2.17. The largest absolute Gasteiger partial charge is 0.440 e. The summed E-state index contributed by atoms with van der Waals surface area (Å²) in [6, 6.07) is -1.19. The van der Waals surface area contributed by atoms with Crippen LogP contribution in [-0.4, -0.2) is 57.9 Å². The first-order valence-corrected chi connectivity index (χ1v) is 9.00. The molecule has 6 unspecified atom stereocenters. The van der Waals surface area contributed by atoms with Crippen molar-refractivity contribution in [3.63, 3.8) is 0 Å². The molecule has 0 heterocycles. The van der Waals surface area contributed by atoms with Crippen LogP contribution in [0.4, 0.5) is 0 Å². The van der Waals surface area contributed by atoms with Crippen LogP contribution in [0.25, 0.3) is 0 Å². The maximum absolute atomic E-state index is 12.1. The van der Waals surface area contributed by atoms with E-state index in [1.807, 2.05) is 0 Å². The number of carbonyl (C=O) groups excluding carboxylic acids is 2. The molecule has 10 nitrogen and oxygen atoms in total. The summed E-state index contributed by atoms with van der Waals surface area (Å²) in [4.78, 5) is 24.2. The molecule has 2 rings (SSSR count). The first-order chi connectivity index (χ1) is 12.1. The minimum Gasteiger partial charge on any atom is -0.440 e. The second-order valence-electron chi connectivity index (χ2n) is 7.35. The average molecular weight is 374 g/mol. The fourth-order valence-corrected chi connectivity index (χ4v) is 3.40. The highest BCUT2D eigenvalue weighted by Gasteiger charge is 2.45. The molecule has 10 N–H and O–H groups in total. The molecule has 2 fully saturated rings. The highest BCUT2D eigenvalue weighted by molar-refractivity contribution is 5.85. The Morgan fingerprint density at radius 3 is 1.46 bits per heavy atom. The van der Waals surface area contributed by atoms with Gasteiger partial charge in [0.15, 0.2) is 23.7 Å². The van der Waals surface area contributed by atoms with E-state index in [2.05, 4.69) is 0 Å². The summed E-state index contributed by atoms with van der Waals surface area (Å²) in [5, 5.41) is 19.9. The first kappa shape index (κ1) is 21.0. The predicted molar refractivity (Wildman–Crippen MR) is 90.9 cm³/mol. The van der Waals surface area contributed by atoms with E-state index < -0.39 is 47.7 Å². The Balaban J connectivity index is 1.95. The number of aliphatic hydroxyl groups excluding tert-OH is 2. The van der Waals surface area contributed by atoms with E-state index >= 15 is 0 Å². The molecule has 0 spiro atoms. The number of aliphatic hydroxyl groups is 2. The van der Waals surface area contributed by atoms with Gasteiger partial charge in [-0.1, -0.05) is 12.8 Å². The van der Waals surface area contributed by atoms with Gasteiger partial charge >= 0.3 is 11.9 Å². The SMILES string of the molecule is NC1CCCCC1(N)OC(=O)C(O)C(O)C(=O)OC1(N)CCCCC1N. The van der Waals surface area contributed by atoms with Crippen molar-refractivity contribution in [2.24, 2.45) is 22.9 Å². The van der Waals surface area contributed by atoms with E-state index in [4.69, 9.17) is 32.4 Å². The van der Waals surface area contributed by atoms with Gasteiger partial charge in [-0.05, 0) is 25.7 Å². The van der Waals surface area contributed by atoms with E-state index in [-0.39, 0.29) is 0 Å². The van der Waals surface area contributed by atoms with Gasteiger partial charge in [-0.2, -0.15) is 0 Å². The molecule has 2 aliphatic carbocycles.